The summed E-state index contributed by atoms with van der Waals surface area (Å²) in [6.07, 6.45) is 0.674. The number of rotatable bonds is 6. The standard InChI is InChI=1S/C21H21FN4O3/c1-3-14(2)23-19(27)18-20(28)25(13-15-9-11-16(22)12-10-15)21(29)26(24-18)17-7-5-4-6-8-17/h4-12,14H,3,13H2,1-2H3,(H,23,27)/t14-/m1/s1. The van der Waals surface area contributed by atoms with Crippen LogP contribution in [0.15, 0.2) is 64.2 Å². The number of para-hydroxylation sites is 1. The molecule has 0 saturated carbocycles. The lowest BCUT2D eigenvalue weighted by Crippen LogP contribution is -2.47. The van der Waals surface area contributed by atoms with Crippen LogP contribution in [0.3, 0.4) is 0 Å². The van der Waals surface area contributed by atoms with E-state index in [0.29, 0.717) is 17.7 Å². The van der Waals surface area contributed by atoms with Crippen molar-refractivity contribution in [2.75, 3.05) is 0 Å². The van der Waals surface area contributed by atoms with Crippen molar-refractivity contribution in [3.8, 4) is 5.69 Å². The van der Waals surface area contributed by atoms with Gasteiger partial charge in [-0.15, -0.1) is 0 Å². The van der Waals surface area contributed by atoms with Crippen molar-refractivity contribution in [1.82, 2.24) is 19.7 Å². The average Bonchev–Trinajstić information content (AvgIpc) is 2.73. The highest BCUT2D eigenvalue weighted by atomic mass is 19.1. The highest BCUT2D eigenvalue weighted by Crippen LogP contribution is 2.05. The van der Waals surface area contributed by atoms with Gasteiger partial charge < -0.3 is 5.32 Å². The van der Waals surface area contributed by atoms with Crippen LogP contribution in [0.2, 0.25) is 0 Å². The maximum atomic E-state index is 13.2. The van der Waals surface area contributed by atoms with Crippen LogP contribution in [0.25, 0.3) is 5.69 Å². The van der Waals surface area contributed by atoms with Crippen LogP contribution < -0.4 is 16.6 Å². The number of amides is 1. The van der Waals surface area contributed by atoms with Gasteiger partial charge in [-0.3, -0.25) is 14.2 Å². The van der Waals surface area contributed by atoms with Crippen molar-refractivity contribution in [2.45, 2.75) is 32.9 Å². The van der Waals surface area contributed by atoms with E-state index < -0.39 is 23.0 Å². The second kappa shape index (κ2) is 8.64. The summed E-state index contributed by atoms with van der Waals surface area (Å²) in [5.41, 5.74) is -0.901. The minimum Gasteiger partial charge on any atom is -0.348 e. The number of carbonyl (C=O) groups is 1. The number of hydrogen-bond acceptors (Lipinski definition) is 4. The lowest BCUT2D eigenvalue weighted by Gasteiger charge is -2.14. The zero-order valence-electron chi connectivity index (χ0n) is 16.1. The number of halogens is 1. The molecule has 0 saturated heterocycles. The van der Waals surface area contributed by atoms with Crippen molar-refractivity contribution in [3.63, 3.8) is 0 Å². The molecule has 1 heterocycles. The van der Waals surface area contributed by atoms with Crippen LogP contribution in [0, 0.1) is 5.82 Å². The van der Waals surface area contributed by atoms with Crippen molar-refractivity contribution in [1.29, 1.82) is 0 Å². The van der Waals surface area contributed by atoms with Gasteiger partial charge in [-0.1, -0.05) is 37.3 Å². The summed E-state index contributed by atoms with van der Waals surface area (Å²) in [6.45, 7) is 3.59. The Kier molecular flexibility index (Phi) is 6.01. The first-order chi connectivity index (χ1) is 13.9. The Morgan fingerprint density at radius 1 is 1.10 bits per heavy atom. The Hall–Kier alpha value is -3.55. The fourth-order valence-electron chi connectivity index (χ4n) is 2.70. The van der Waals surface area contributed by atoms with Gasteiger partial charge in [0.1, 0.15) is 5.82 Å². The van der Waals surface area contributed by atoms with Gasteiger partial charge in [-0.25, -0.2) is 9.18 Å². The Bertz CT molecular complexity index is 1120. The summed E-state index contributed by atoms with van der Waals surface area (Å²) in [6, 6.07) is 13.8. The first-order valence-electron chi connectivity index (χ1n) is 9.25. The van der Waals surface area contributed by atoms with Gasteiger partial charge in [0.15, 0.2) is 0 Å². The van der Waals surface area contributed by atoms with Gasteiger partial charge in [0, 0.05) is 6.04 Å². The molecule has 2 aromatic carbocycles. The van der Waals surface area contributed by atoms with E-state index in [4.69, 9.17) is 0 Å². The van der Waals surface area contributed by atoms with Gasteiger partial charge in [0.25, 0.3) is 11.5 Å². The molecule has 0 aliphatic heterocycles. The third kappa shape index (κ3) is 4.48. The molecule has 0 bridgehead atoms. The van der Waals surface area contributed by atoms with Gasteiger partial charge >= 0.3 is 5.69 Å². The molecule has 3 aromatic rings. The Morgan fingerprint density at radius 3 is 2.38 bits per heavy atom. The SMILES string of the molecule is CC[C@@H](C)NC(=O)c1nn(-c2ccccc2)c(=O)n(Cc2ccc(F)cc2)c1=O. The summed E-state index contributed by atoms with van der Waals surface area (Å²) < 4.78 is 15.2. The molecular formula is C21H21FN4O3. The van der Waals surface area contributed by atoms with Gasteiger partial charge in [0.05, 0.1) is 12.2 Å². The third-order valence-corrected chi connectivity index (χ3v) is 4.52. The fourth-order valence-corrected chi connectivity index (χ4v) is 2.70. The van der Waals surface area contributed by atoms with Crippen LogP contribution in [-0.2, 0) is 6.54 Å². The molecule has 0 aliphatic carbocycles. The quantitative estimate of drug-likeness (QED) is 0.692. The number of hydrogen-bond donors (Lipinski definition) is 1. The maximum absolute atomic E-state index is 13.2. The predicted octanol–water partition coefficient (Wildman–Crippen LogP) is 2.11. The Labute approximate surface area is 166 Å². The van der Waals surface area contributed by atoms with E-state index in [-0.39, 0.29) is 18.3 Å². The normalized spacial score (nSPS) is 11.8. The first-order valence-corrected chi connectivity index (χ1v) is 9.25. The van der Waals surface area contributed by atoms with Crippen LogP contribution >= 0.6 is 0 Å². The highest BCUT2D eigenvalue weighted by Gasteiger charge is 2.21. The smallest absolute Gasteiger partial charge is 0.348 e. The molecule has 0 aliphatic rings. The lowest BCUT2D eigenvalue weighted by molar-refractivity contribution is 0.0929. The minimum atomic E-state index is -0.799. The zero-order chi connectivity index (χ0) is 21.0. The highest BCUT2D eigenvalue weighted by molar-refractivity contribution is 5.91. The van der Waals surface area contributed by atoms with E-state index in [1.54, 1.807) is 30.3 Å². The van der Waals surface area contributed by atoms with Gasteiger partial charge in [-0.05, 0) is 43.2 Å². The molecule has 1 N–H and O–H groups in total. The van der Waals surface area contributed by atoms with E-state index in [2.05, 4.69) is 10.4 Å². The molecule has 1 atom stereocenters. The number of nitrogens with zero attached hydrogens (tertiary/aromatic N) is 3. The topological polar surface area (TPSA) is 86.0 Å². The van der Waals surface area contributed by atoms with E-state index in [1.165, 1.54) is 24.3 Å². The molecule has 0 radical (unpaired) electrons. The molecule has 0 unspecified atom stereocenters. The number of aromatic nitrogens is 3. The summed E-state index contributed by atoms with van der Waals surface area (Å²) in [7, 11) is 0. The van der Waals surface area contributed by atoms with Crippen LogP contribution in [-0.4, -0.2) is 26.3 Å². The Balaban J connectivity index is 2.16. The van der Waals surface area contributed by atoms with Crippen LogP contribution in [0.4, 0.5) is 4.39 Å². The molecule has 0 spiro atoms. The zero-order valence-corrected chi connectivity index (χ0v) is 16.1. The lowest BCUT2D eigenvalue weighted by atomic mass is 10.2. The van der Waals surface area contributed by atoms with E-state index in [0.717, 1.165) is 9.25 Å². The minimum absolute atomic E-state index is 0.114. The van der Waals surface area contributed by atoms with Gasteiger partial charge in [0.2, 0.25) is 5.69 Å². The summed E-state index contributed by atoms with van der Waals surface area (Å²) >= 11 is 0. The maximum Gasteiger partial charge on any atom is 0.352 e. The number of carbonyl (C=O) groups excluding carboxylic acids is 1. The first kappa shape index (κ1) is 20.2. The van der Waals surface area contributed by atoms with Crippen LogP contribution in [0.5, 0.6) is 0 Å². The fraction of sp³-hybridized carbons (Fsp3) is 0.238. The molecule has 29 heavy (non-hydrogen) atoms. The Morgan fingerprint density at radius 2 is 1.76 bits per heavy atom. The molecule has 3 rings (SSSR count). The van der Waals surface area contributed by atoms with Gasteiger partial charge in [-0.2, -0.15) is 9.78 Å². The second-order valence-corrected chi connectivity index (χ2v) is 6.68. The summed E-state index contributed by atoms with van der Waals surface area (Å²) in [5.74, 6) is -1.08. The number of benzene rings is 2. The molecule has 7 nitrogen and oxygen atoms in total. The molecule has 8 heteroatoms. The van der Waals surface area contributed by atoms with E-state index >= 15 is 0 Å². The molecular weight excluding hydrogens is 375 g/mol. The molecule has 1 aromatic heterocycles. The molecule has 0 fully saturated rings. The summed E-state index contributed by atoms with van der Waals surface area (Å²) in [5, 5.41) is 6.75. The van der Waals surface area contributed by atoms with Crippen LogP contribution in [0.1, 0.15) is 36.3 Å². The second-order valence-electron chi connectivity index (χ2n) is 6.68. The van der Waals surface area contributed by atoms with Crippen molar-refractivity contribution < 1.29 is 9.18 Å². The molecule has 1 amide bonds. The van der Waals surface area contributed by atoms with Crippen molar-refractivity contribution >= 4 is 5.91 Å². The summed E-state index contributed by atoms with van der Waals surface area (Å²) in [4.78, 5) is 38.5. The van der Waals surface area contributed by atoms with E-state index in [1.807, 2.05) is 13.8 Å². The number of nitrogens with one attached hydrogen (secondary N) is 1. The molecule has 150 valence electrons. The third-order valence-electron chi connectivity index (χ3n) is 4.52. The predicted molar refractivity (Wildman–Crippen MR) is 107 cm³/mol. The van der Waals surface area contributed by atoms with E-state index in [9.17, 15) is 18.8 Å². The van der Waals surface area contributed by atoms with Crippen molar-refractivity contribution in [2.24, 2.45) is 0 Å². The average molecular weight is 396 g/mol. The largest absolute Gasteiger partial charge is 0.352 e. The monoisotopic (exact) mass is 396 g/mol. The van der Waals surface area contributed by atoms with Crippen molar-refractivity contribution in [3.05, 3.63) is 92.5 Å².